The maximum atomic E-state index is 13.1. The predicted octanol–water partition coefficient (Wildman–Crippen LogP) is 3.01. The molecule has 0 heterocycles. The van der Waals surface area contributed by atoms with Crippen LogP contribution < -0.4 is 0 Å². The van der Waals surface area contributed by atoms with Crippen molar-refractivity contribution in [3.63, 3.8) is 0 Å². The molecule has 106 valence electrons. The summed E-state index contributed by atoms with van der Waals surface area (Å²) in [6.07, 6.45) is 0. The highest BCUT2D eigenvalue weighted by Gasteiger charge is 2.10. The van der Waals surface area contributed by atoms with Gasteiger partial charge in [0.2, 0.25) is 0 Å². The van der Waals surface area contributed by atoms with E-state index in [1.165, 1.54) is 18.2 Å². The quantitative estimate of drug-likeness (QED) is 0.792. The van der Waals surface area contributed by atoms with Gasteiger partial charge < -0.3 is 0 Å². The molecule has 0 spiro atoms. The fraction of sp³-hybridized carbons (Fsp3) is 0.176. The van der Waals surface area contributed by atoms with Crippen LogP contribution in [-0.4, -0.2) is 24.3 Å². The van der Waals surface area contributed by atoms with Crippen molar-refractivity contribution in [1.29, 1.82) is 5.26 Å². The summed E-state index contributed by atoms with van der Waals surface area (Å²) < 4.78 is 13.1. The van der Waals surface area contributed by atoms with Crippen molar-refractivity contribution in [1.82, 2.24) is 4.90 Å². The molecule has 0 aromatic heterocycles. The molecule has 3 nitrogen and oxygen atoms in total. The zero-order valence-corrected chi connectivity index (χ0v) is 11.7. The van der Waals surface area contributed by atoms with Crippen molar-refractivity contribution >= 4 is 5.78 Å². The van der Waals surface area contributed by atoms with Gasteiger partial charge in [-0.1, -0.05) is 24.3 Å². The Morgan fingerprint density at radius 1 is 1.24 bits per heavy atom. The lowest BCUT2D eigenvalue weighted by molar-refractivity contribution is 0.0942. The molecule has 0 fully saturated rings. The Hall–Kier alpha value is -2.51. The molecule has 0 bridgehead atoms. The number of benzene rings is 2. The van der Waals surface area contributed by atoms with E-state index < -0.39 is 5.82 Å². The van der Waals surface area contributed by atoms with Crippen molar-refractivity contribution in [2.75, 3.05) is 13.6 Å². The number of nitrogens with zero attached hydrogens (tertiary/aromatic N) is 2. The van der Waals surface area contributed by atoms with Crippen molar-refractivity contribution in [3.05, 3.63) is 71.0 Å². The number of Topliss-reactive ketones (excluding diaryl/α,β-unsaturated/α-hetero) is 1. The smallest absolute Gasteiger partial charge is 0.176 e. The van der Waals surface area contributed by atoms with Crippen molar-refractivity contribution < 1.29 is 9.18 Å². The number of ketones is 1. The average molecular weight is 282 g/mol. The number of halogens is 1. The highest BCUT2D eigenvalue weighted by molar-refractivity contribution is 5.97. The van der Waals surface area contributed by atoms with E-state index in [0.29, 0.717) is 17.7 Å². The molecule has 0 saturated heterocycles. The molecule has 0 unspecified atom stereocenters. The Bertz CT molecular complexity index is 691. The van der Waals surface area contributed by atoms with Gasteiger partial charge in [0.1, 0.15) is 5.82 Å². The van der Waals surface area contributed by atoms with E-state index >= 15 is 0 Å². The molecule has 0 N–H and O–H groups in total. The van der Waals surface area contributed by atoms with Crippen LogP contribution in [0.4, 0.5) is 4.39 Å². The zero-order valence-electron chi connectivity index (χ0n) is 11.7. The van der Waals surface area contributed by atoms with E-state index in [1.807, 2.05) is 24.1 Å². The van der Waals surface area contributed by atoms with Crippen LogP contribution in [0.3, 0.4) is 0 Å². The van der Waals surface area contributed by atoms with Crippen LogP contribution in [0.2, 0.25) is 0 Å². The Morgan fingerprint density at radius 3 is 2.71 bits per heavy atom. The van der Waals surface area contributed by atoms with Crippen LogP contribution in [0.25, 0.3) is 0 Å². The highest BCUT2D eigenvalue weighted by atomic mass is 19.1. The van der Waals surface area contributed by atoms with Gasteiger partial charge in [0.15, 0.2) is 5.78 Å². The molecular weight excluding hydrogens is 267 g/mol. The van der Waals surface area contributed by atoms with E-state index in [9.17, 15) is 9.18 Å². The van der Waals surface area contributed by atoms with Crippen LogP contribution >= 0.6 is 0 Å². The van der Waals surface area contributed by atoms with E-state index in [-0.39, 0.29) is 12.3 Å². The van der Waals surface area contributed by atoms with Gasteiger partial charge in [-0.3, -0.25) is 9.69 Å². The average Bonchev–Trinajstić information content (AvgIpc) is 2.47. The molecule has 0 aliphatic carbocycles. The molecule has 0 radical (unpaired) electrons. The standard InChI is InChI=1S/C17H15FN2O/c1-20(11-14-5-2-4-13(8-14)10-19)12-17(21)15-6-3-7-16(18)9-15/h2-9H,11-12H2,1H3. The first-order valence-corrected chi connectivity index (χ1v) is 6.55. The summed E-state index contributed by atoms with van der Waals surface area (Å²) in [7, 11) is 1.82. The third-order valence-corrected chi connectivity index (χ3v) is 3.07. The van der Waals surface area contributed by atoms with Gasteiger partial charge in [-0.25, -0.2) is 4.39 Å². The largest absolute Gasteiger partial charge is 0.295 e. The number of rotatable bonds is 5. The molecule has 4 heteroatoms. The summed E-state index contributed by atoms with van der Waals surface area (Å²) in [4.78, 5) is 13.9. The summed E-state index contributed by atoms with van der Waals surface area (Å²) in [5.74, 6) is -0.543. The maximum Gasteiger partial charge on any atom is 0.176 e. The van der Waals surface area contributed by atoms with E-state index in [4.69, 9.17) is 5.26 Å². The molecule has 21 heavy (non-hydrogen) atoms. The van der Waals surface area contributed by atoms with Crippen molar-refractivity contribution in [2.45, 2.75) is 6.54 Å². The molecule has 2 rings (SSSR count). The molecule has 2 aromatic carbocycles. The van der Waals surface area contributed by atoms with Gasteiger partial charge in [-0.2, -0.15) is 5.26 Å². The summed E-state index contributed by atoms with van der Waals surface area (Å²) in [5.41, 5.74) is 1.92. The number of carbonyl (C=O) groups is 1. The van der Waals surface area contributed by atoms with Gasteiger partial charge in [-0.05, 0) is 36.9 Å². The van der Waals surface area contributed by atoms with Crippen LogP contribution in [0.5, 0.6) is 0 Å². The monoisotopic (exact) mass is 282 g/mol. The Labute approximate surface area is 123 Å². The maximum absolute atomic E-state index is 13.1. The first kappa shape index (κ1) is 14.9. The SMILES string of the molecule is CN(CC(=O)c1cccc(F)c1)Cc1cccc(C#N)c1. The number of hydrogen-bond donors (Lipinski definition) is 0. The minimum atomic E-state index is -0.412. The molecular formula is C17H15FN2O. The third kappa shape index (κ3) is 4.23. The summed E-state index contributed by atoms with van der Waals surface area (Å²) in [5, 5.41) is 8.86. The number of nitriles is 1. The molecule has 2 aromatic rings. The van der Waals surface area contributed by atoms with Crippen LogP contribution in [0, 0.1) is 17.1 Å². The Morgan fingerprint density at radius 2 is 2.00 bits per heavy atom. The van der Waals surface area contributed by atoms with E-state index in [2.05, 4.69) is 6.07 Å². The zero-order chi connectivity index (χ0) is 15.2. The predicted molar refractivity (Wildman–Crippen MR) is 78.2 cm³/mol. The Balaban J connectivity index is 1.99. The second kappa shape index (κ2) is 6.78. The minimum absolute atomic E-state index is 0.131. The summed E-state index contributed by atoms with van der Waals surface area (Å²) in [6, 6.07) is 15.0. The van der Waals surface area contributed by atoms with Gasteiger partial charge in [0.25, 0.3) is 0 Å². The summed E-state index contributed by atoms with van der Waals surface area (Å²) >= 11 is 0. The second-order valence-corrected chi connectivity index (χ2v) is 4.92. The van der Waals surface area contributed by atoms with Gasteiger partial charge in [-0.15, -0.1) is 0 Å². The Kier molecular flexibility index (Phi) is 4.81. The fourth-order valence-electron chi connectivity index (χ4n) is 2.11. The normalized spacial score (nSPS) is 10.4. The minimum Gasteiger partial charge on any atom is -0.295 e. The first-order valence-electron chi connectivity index (χ1n) is 6.55. The second-order valence-electron chi connectivity index (χ2n) is 4.92. The number of likely N-dealkylation sites (N-methyl/N-ethyl adjacent to an activating group) is 1. The molecule has 0 aliphatic rings. The van der Waals surface area contributed by atoms with E-state index in [0.717, 1.165) is 5.56 Å². The number of carbonyl (C=O) groups excluding carboxylic acids is 1. The van der Waals surface area contributed by atoms with Crippen LogP contribution in [-0.2, 0) is 6.54 Å². The van der Waals surface area contributed by atoms with Gasteiger partial charge in [0, 0.05) is 12.1 Å². The summed E-state index contributed by atoms with van der Waals surface area (Å²) in [6.45, 7) is 0.747. The number of hydrogen-bond acceptors (Lipinski definition) is 3. The molecule has 0 atom stereocenters. The first-order chi connectivity index (χ1) is 10.1. The highest BCUT2D eigenvalue weighted by Crippen LogP contribution is 2.09. The van der Waals surface area contributed by atoms with Crippen molar-refractivity contribution in [3.8, 4) is 6.07 Å². The lowest BCUT2D eigenvalue weighted by atomic mass is 10.1. The molecule has 0 saturated carbocycles. The van der Waals surface area contributed by atoms with Crippen molar-refractivity contribution in [2.24, 2.45) is 0 Å². The van der Waals surface area contributed by atoms with Gasteiger partial charge >= 0.3 is 0 Å². The van der Waals surface area contributed by atoms with Crippen LogP contribution in [0.15, 0.2) is 48.5 Å². The lowest BCUT2D eigenvalue weighted by Gasteiger charge is -2.16. The topological polar surface area (TPSA) is 44.1 Å². The third-order valence-electron chi connectivity index (χ3n) is 3.07. The van der Waals surface area contributed by atoms with E-state index in [1.54, 1.807) is 18.2 Å². The van der Waals surface area contributed by atoms with Gasteiger partial charge in [0.05, 0.1) is 18.2 Å². The van der Waals surface area contributed by atoms with Crippen LogP contribution in [0.1, 0.15) is 21.5 Å². The molecule has 0 amide bonds. The lowest BCUT2D eigenvalue weighted by Crippen LogP contribution is -2.25. The molecule has 0 aliphatic heterocycles. The fourth-order valence-corrected chi connectivity index (χ4v) is 2.11.